The largest absolute Gasteiger partial charge is 0.398 e. The van der Waals surface area contributed by atoms with Gasteiger partial charge in [0.25, 0.3) is 0 Å². The maximum atomic E-state index is 5.81. The van der Waals surface area contributed by atoms with Crippen LogP contribution in [-0.4, -0.2) is 4.98 Å². The number of hydrogen-bond donors (Lipinski definition) is 2. The second-order valence-corrected chi connectivity index (χ2v) is 4.71. The Balaban J connectivity index is 1.89. The molecule has 2 aromatic heterocycles. The summed E-state index contributed by atoms with van der Waals surface area (Å²) in [7, 11) is 0. The molecular weight excluding hydrogens is 218 g/mol. The third-order valence-corrected chi connectivity index (χ3v) is 3.45. The second-order valence-electron chi connectivity index (χ2n) is 3.70. The zero-order valence-electron chi connectivity index (χ0n) is 9.23. The van der Waals surface area contributed by atoms with E-state index in [1.165, 1.54) is 16.0 Å². The SMILES string of the molecule is Cc1cnccc1CNCc1sccc1N. The molecule has 2 rings (SSSR count). The maximum Gasteiger partial charge on any atom is 0.0468 e. The van der Waals surface area contributed by atoms with Crippen molar-refractivity contribution in [2.45, 2.75) is 20.0 Å². The smallest absolute Gasteiger partial charge is 0.0468 e. The molecular formula is C12H15N3S. The Morgan fingerprint density at radius 3 is 2.94 bits per heavy atom. The van der Waals surface area contributed by atoms with E-state index >= 15 is 0 Å². The minimum Gasteiger partial charge on any atom is -0.398 e. The normalized spacial score (nSPS) is 10.6. The highest BCUT2D eigenvalue weighted by Crippen LogP contribution is 2.18. The van der Waals surface area contributed by atoms with E-state index in [9.17, 15) is 0 Å². The van der Waals surface area contributed by atoms with Gasteiger partial charge in [-0.05, 0) is 35.6 Å². The van der Waals surface area contributed by atoms with Crippen LogP contribution in [0.4, 0.5) is 5.69 Å². The van der Waals surface area contributed by atoms with E-state index in [2.05, 4.69) is 17.2 Å². The van der Waals surface area contributed by atoms with E-state index in [4.69, 9.17) is 5.73 Å². The van der Waals surface area contributed by atoms with Crippen LogP contribution >= 0.6 is 11.3 Å². The van der Waals surface area contributed by atoms with Crippen molar-refractivity contribution < 1.29 is 0 Å². The van der Waals surface area contributed by atoms with E-state index in [-0.39, 0.29) is 0 Å². The number of nitrogens with one attached hydrogen (secondary N) is 1. The number of anilines is 1. The number of hydrogen-bond acceptors (Lipinski definition) is 4. The molecule has 0 aliphatic carbocycles. The highest BCUT2D eigenvalue weighted by atomic mass is 32.1. The molecule has 0 fully saturated rings. The zero-order chi connectivity index (χ0) is 11.4. The Kier molecular flexibility index (Phi) is 3.54. The summed E-state index contributed by atoms with van der Waals surface area (Å²) < 4.78 is 0. The van der Waals surface area contributed by atoms with Crippen LogP contribution < -0.4 is 11.1 Å². The first-order chi connectivity index (χ1) is 7.77. The quantitative estimate of drug-likeness (QED) is 0.852. The minimum atomic E-state index is 0.825. The average molecular weight is 233 g/mol. The summed E-state index contributed by atoms with van der Waals surface area (Å²) in [5, 5.41) is 5.41. The molecule has 2 heterocycles. The number of pyridine rings is 1. The van der Waals surface area contributed by atoms with Gasteiger partial charge in [-0.1, -0.05) is 0 Å². The van der Waals surface area contributed by atoms with Crippen LogP contribution in [0.2, 0.25) is 0 Å². The summed E-state index contributed by atoms with van der Waals surface area (Å²) in [4.78, 5) is 5.27. The monoisotopic (exact) mass is 233 g/mol. The van der Waals surface area contributed by atoms with Crippen molar-refractivity contribution in [3.63, 3.8) is 0 Å². The Bertz CT molecular complexity index is 465. The number of nitrogens with zero attached hydrogens (tertiary/aromatic N) is 1. The van der Waals surface area contributed by atoms with Crippen molar-refractivity contribution in [1.29, 1.82) is 0 Å². The molecule has 0 aromatic carbocycles. The molecule has 0 spiro atoms. The molecule has 0 bridgehead atoms. The van der Waals surface area contributed by atoms with Gasteiger partial charge in [-0.2, -0.15) is 0 Å². The van der Waals surface area contributed by atoms with E-state index in [0.717, 1.165) is 18.8 Å². The van der Waals surface area contributed by atoms with Crippen LogP contribution in [0.25, 0.3) is 0 Å². The average Bonchev–Trinajstić information content (AvgIpc) is 2.67. The van der Waals surface area contributed by atoms with Gasteiger partial charge in [0.1, 0.15) is 0 Å². The lowest BCUT2D eigenvalue weighted by Crippen LogP contribution is -2.13. The van der Waals surface area contributed by atoms with Crippen LogP contribution in [-0.2, 0) is 13.1 Å². The number of thiophene rings is 1. The first-order valence-corrected chi connectivity index (χ1v) is 6.07. The summed E-state index contributed by atoms with van der Waals surface area (Å²) in [5.41, 5.74) is 9.19. The molecule has 0 unspecified atom stereocenters. The molecule has 2 aromatic rings. The van der Waals surface area contributed by atoms with Crippen molar-refractivity contribution in [2.24, 2.45) is 0 Å². The van der Waals surface area contributed by atoms with Crippen molar-refractivity contribution in [3.8, 4) is 0 Å². The van der Waals surface area contributed by atoms with Gasteiger partial charge in [-0.15, -0.1) is 11.3 Å². The number of rotatable bonds is 4. The summed E-state index contributed by atoms with van der Waals surface area (Å²) >= 11 is 1.69. The van der Waals surface area contributed by atoms with Gasteiger partial charge in [-0.3, -0.25) is 4.98 Å². The number of nitrogens with two attached hydrogens (primary N) is 1. The lowest BCUT2D eigenvalue weighted by atomic mass is 10.1. The van der Waals surface area contributed by atoms with Gasteiger partial charge in [0, 0.05) is 36.0 Å². The topological polar surface area (TPSA) is 50.9 Å². The summed E-state index contributed by atoms with van der Waals surface area (Å²) in [6.45, 7) is 3.75. The second kappa shape index (κ2) is 5.09. The van der Waals surface area contributed by atoms with Crippen molar-refractivity contribution in [3.05, 3.63) is 45.9 Å². The molecule has 0 saturated heterocycles. The van der Waals surface area contributed by atoms with Crippen LogP contribution in [0.3, 0.4) is 0 Å². The Morgan fingerprint density at radius 2 is 2.25 bits per heavy atom. The first kappa shape index (κ1) is 11.1. The van der Waals surface area contributed by atoms with Gasteiger partial charge in [0.2, 0.25) is 0 Å². The molecule has 16 heavy (non-hydrogen) atoms. The molecule has 3 N–H and O–H groups in total. The van der Waals surface area contributed by atoms with Gasteiger partial charge < -0.3 is 11.1 Å². The van der Waals surface area contributed by atoms with Crippen molar-refractivity contribution in [1.82, 2.24) is 10.3 Å². The fraction of sp³-hybridized carbons (Fsp3) is 0.250. The fourth-order valence-corrected chi connectivity index (χ4v) is 2.27. The molecule has 4 heteroatoms. The number of aromatic nitrogens is 1. The van der Waals surface area contributed by atoms with E-state index in [1.54, 1.807) is 11.3 Å². The Labute approximate surface area is 99.3 Å². The number of nitrogen functional groups attached to an aromatic ring is 1. The van der Waals surface area contributed by atoms with Gasteiger partial charge >= 0.3 is 0 Å². The predicted octanol–water partition coefficient (Wildman–Crippen LogP) is 2.32. The zero-order valence-corrected chi connectivity index (χ0v) is 10.1. The number of aryl methyl sites for hydroxylation is 1. The summed E-state index contributed by atoms with van der Waals surface area (Å²) in [5.74, 6) is 0. The Morgan fingerprint density at radius 1 is 1.38 bits per heavy atom. The third-order valence-electron chi connectivity index (χ3n) is 2.52. The standard InChI is InChI=1S/C12H15N3S/c1-9-6-14-4-2-10(9)7-15-8-12-11(13)3-5-16-12/h2-6,15H,7-8,13H2,1H3. The van der Waals surface area contributed by atoms with Gasteiger partial charge in [0.15, 0.2) is 0 Å². The molecule has 0 radical (unpaired) electrons. The van der Waals surface area contributed by atoms with Crippen molar-refractivity contribution in [2.75, 3.05) is 5.73 Å². The predicted molar refractivity (Wildman–Crippen MR) is 68.2 cm³/mol. The minimum absolute atomic E-state index is 0.825. The summed E-state index contributed by atoms with van der Waals surface area (Å²) in [6, 6.07) is 3.99. The maximum absolute atomic E-state index is 5.81. The van der Waals surface area contributed by atoms with Crippen LogP contribution in [0.5, 0.6) is 0 Å². The first-order valence-electron chi connectivity index (χ1n) is 5.19. The van der Waals surface area contributed by atoms with E-state index in [1.807, 2.05) is 29.9 Å². The lowest BCUT2D eigenvalue weighted by molar-refractivity contribution is 0.698. The molecule has 0 amide bonds. The van der Waals surface area contributed by atoms with Crippen molar-refractivity contribution >= 4 is 17.0 Å². The molecule has 0 atom stereocenters. The van der Waals surface area contributed by atoms with Gasteiger partial charge in [0.05, 0.1) is 0 Å². The highest BCUT2D eigenvalue weighted by Gasteiger charge is 2.01. The Hall–Kier alpha value is -1.39. The van der Waals surface area contributed by atoms with Gasteiger partial charge in [-0.25, -0.2) is 0 Å². The third kappa shape index (κ3) is 2.59. The van der Waals surface area contributed by atoms with Crippen LogP contribution in [0.1, 0.15) is 16.0 Å². The fourth-order valence-electron chi connectivity index (χ4n) is 1.51. The van der Waals surface area contributed by atoms with E-state index in [0.29, 0.717) is 0 Å². The molecule has 3 nitrogen and oxygen atoms in total. The summed E-state index contributed by atoms with van der Waals surface area (Å²) in [6.07, 6.45) is 3.71. The molecule has 84 valence electrons. The lowest BCUT2D eigenvalue weighted by Gasteiger charge is -2.06. The molecule has 0 saturated carbocycles. The molecule has 0 aliphatic rings. The van der Waals surface area contributed by atoms with Crippen LogP contribution in [0.15, 0.2) is 29.9 Å². The van der Waals surface area contributed by atoms with Crippen LogP contribution in [0, 0.1) is 6.92 Å². The highest BCUT2D eigenvalue weighted by molar-refractivity contribution is 7.10. The van der Waals surface area contributed by atoms with E-state index < -0.39 is 0 Å². The molecule has 0 aliphatic heterocycles.